The van der Waals surface area contributed by atoms with Gasteiger partial charge in [0, 0.05) is 13.6 Å². The fraction of sp³-hybridized carbons (Fsp3) is 0.188. The predicted octanol–water partition coefficient (Wildman–Crippen LogP) is 2.55. The van der Waals surface area contributed by atoms with Crippen LogP contribution in [0.1, 0.15) is 21.5 Å². The molecule has 4 heteroatoms. The second kappa shape index (κ2) is 6.21. The average molecular weight is 269 g/mol. The molecule has 0 aromatic heterocycles. The van der Waals surface area contributed by atoms with E-state index in [1.54, 1.807) is 18.0 Å². The third-order valence-corrected chi connectivity index (χ3v) is 3.17. The molecule has 0 aliphatic rings. The number of benzene rings is 2. The standard InChI is InChI=1S/C16H19N3O/c1-12-8-9-14(15(10-12)18-17)16(20)19(2)11-13-6-4-3-5-7-13/h3-10,18H,11,17H2,1-2H3. The van der Waals surface area contributed by atoms with Crippen molar-refractivity contribution < 1.29 is 4.79 Å². The van der Waals surface area contributed by atoms with E-state index < -0.39 is 0 Å². The smallest absolute Gasteiger partial charge is 0.256 e. The molecule has 0 saturated heterocycles. The summed E-state index contributed by atoms with van der Waals surface area (Å²) in [6, 6.07) is 15.5. The zero-order valence-corrected chi connectivity index (χ0v) is 11.8. The largest absolute Gasteiger partial charge is 0.337 e. The summed E-state index contributed by atoms with van der Waals surface area (Å²) in [6.07, 6.45) is 0. The first-order valence-corrected chi connectivity index (χ1v) is 6.48. The molecule has 3 N–H and O–H groups in total. The third-order valence-electron chi connectivity index (χ3n) is 3.17. The lowest BCUT2D eigenvalue weighted by atomic mass is 10.1. The first-order chi connectivity index (χ1) is 9.61. The summed E-state index contributed by atoms with van der Waals surface area (Å²) in [7, 11) is 1.79. The molecule has 0 fully saturated rings. The molecule has 2 aromatic rings. The van der Waals surface area contributed by atoms with Crippen LogP contribution in [0.3, 0.4) is 0 Å². The Hall–Kier alpha value is -2.33. The van der Waals surface area contributed by atoms with Gasteiger partial charge in [-0.2, -0.15) is 0 Å². The van der Waals surface area contributed by atoms with Gasteiger partial charge in [0.25, 0.3) is 5.91 Å². The Morgan fingerprint density at radius 1 is 1.20 bits per heavy atom. The molecular weight excluding hydrogens is 250 g/mol. The van der Waals surface area contributed by atoms with Crippen LogP contribution >= 0.6 is 0 Å². The lowest BCUT2D eigenvalue weighted by molar-refractivity contribution is 0.0786. The Bertz CT molecular complexity index is 596. The van der Waals surface area contributed by atoms with Gasteiger partial charge in [-0.25, -0.2) is 0 Å². The minimum Gasteiger partial charge on any atom is -0.337 e. The molecule has 2 rings (SSSR count). The molecule has 0 radical (unpaired) electrons. The van der Waals surface area contributed by atoms with Gasteiger partial charge in [0.1, 0.15) is 0 Å². The summed E-state index contributed by atoms with van der Waals surface area (Å²) in [5, 5.41) is 0. The molecule has 1 amide bonds. The van der Waals surface area contributed by atoms with Gasteiger partial charge in [0.15, 0.2) is 0 Å². The molecule has 2 aromatic carbocycles. The van der Waals surface area contributed by atoms with Crippen LogP contribution in [0.4, 0.5) is 5.69 Å². The van der Waals surface area contributed by atoms with Gasteiger partial charge in [0.05, 0.1) is 11.3 Å². The van der Waals surface area contributed by atoms with Crippen molar-refractivity contribution in [1.29, 1.82) is 0 Å². The van der Waals surface area contributed by atoms with E-state index in [1.807, 2.05) is 49.4 Å². The second-order valence-corrected chi connectivity index (χ2v) is 4.84. The molecule has 0 heterocycles. The normalized spacial score (nSPS) is 10.2. The summed E-state index contributed by atoms with van der Waals surface area (Å²) in [6.45, 7) is 2.53. The molecule has 0 spiro atoms. The number of nitrogen functional groups attached to an aromatic ring is 1. The molecule has 0 aliphatic heterocycles. The quantitative estimate of drug-likeness (QED) is 0.662. The maximum absolute atomic E-state index is 12.5. The molecule has 0 aliphatic carbocycles. The van der Waals surface area contributed by atoms with Gasteiger partial charge in [-0.15, -0.1) is 0 Å². The summed E-state index contributed by atoms with van der Waals surface area (Å²) in [4.78, 5) is 14.2. The van der Waals surface area contributed by atoms with Gasteiger partial charge in [0.2, 0.25) is 0 Å². The van der Waals surface area contributed by atoms with Crippen LogP contribution < -0.4 is 11.3 Å². The van der Waals surface area contributed by atoms with E-state index in [0.29, 0.717) is 17.8 Å². The second-order valence-electron chi connectivity index (χ2n) is 4.84. The molecule has 0 saturated carbocycles. The van der Waals surface area contributed by atoms with E-state index in [-0.39, 0.29) is 5.91 Å². The molecule has 0 bridgehead atoms. The minimum absolute atomic E-state index is 0.0539. The number of anilines is 1. The van der Waals surface area contributed by atoms with Crippen LogP contribution in [-0.4, -0.2) is 17.9 Å². The van der Waals surface area contributed by atoms with E-state index in [1.165, 1.54) is 0 Å². The zero-order chi connectivity index (χ0) is 14.5. The predicted molar refractivity (Wildman–Crippen MR) is 81.2 cm³/mol. The lowest BCUT2D eigenvalue weighted by Gasteiger charge is -2.19. The number of nitrogens with one attached hydrogen (secondary N) is 1. The van der Waals surface area contributed by atoms with Crippen molar-refractivity contribution in [2.45, 2.75) is 13.5 Å². The maximum atomic E-state index is 12.5. The summed E-state index contributed by atoms with van der Waals surface area (Å²) >= 11 is 0. The average Bonchev–Trinajstić information content (AvgIpc) is 2.47. The van der Waals surface area contributed by atoms with Crippen molar-refractivity contribution in [3.8, 4) is 0 Å². The first-order valence-electron chi connectivity index (χ1n) is 6.48. The van der Waals surface area contributed by atoms with Gasteiger partial charge in [-0.3, -0.25) is 10.6 Å². The summed E-state index contributed by atoms with van der Waals surface area (Å²) in [5.41, 5.74) is 5.97. The number of rotatable bonds is 4. The van der Waals surface area contributed by atoms with Crippen molar-refractivity contribution in [2.24, 2.45) is 5.84 Å². The molecule has 0 atom stereocenters. The van der Waals surface area contributed by atoms with Crippen LogP contribution in [0.5, 0.6) is 0 Å². The van der Waals surface area contributed by atoms with Gasteiger partial charge < -0.3 is 10.3 Å². The Balaban J connectivity index is 2.18. The highest BCUT2D eigenvalue weighted by molar-refractivity contribution is 5.99. The molecule has 20 heavy (non-hydrogen) atoms. The van der Waals surface area contributed by atoms with E-state index in [2.05, 4.69) is 5.43 Å². The number of nitrogens with zero attached hydrogens (tertiary/aromatic N) is 1. The van der Waals surface area contributed by atoms with Gasteiger partial charge in [-0.1, -0.05) is 36.4 Å². The van der Waals surface area contributed by atoms with E-state index in [0.717, 1.165) is 11.1 Å². The monoisotopic (exact) mass is 269 g/mol. The van der Waals surface area contributed by atoms with E-state index in [4.69, 9.17) is 5.84 Å². The number of carbonyl (C=O) groups excluding carboxylic acids is 1. The topological polar surface area (TPSA) is 58.4 Å². The number of carbonyl (C=O) groups is 1. The van der Waals surface area contributed by atoms with Crippen LogP contribution in [-0.2, 0) is 6.54 Å². The van der Waals surface area contributed by atoms with Crippen LogP contribution in [0, 0.1) is 6.92 Å². The summed E-state index contributed by atoms with van der Waals surface area (Å²) in [5.74, 6) is 5.44. The molecule has 104 valence electrons. The fourth-order valence-corrected chi connectivity index (χ4v) is 2.10. The first kappa shape index (κ1) is 14.1. The molecule has 0 unspecified atom stereocenters. The number of hydrogen-bond donors (Lipinski definition) is 2. The number of hydrogen-bond acceptors (Lipinski definition) is 3. The highest BCUT2D eigenvalue weighted by Gasteiger charge is 2.15. The lowest BCUT2D eigenvalue weighted by Crippen LogP contribution is -2.27. The van der Waals surface area contributed by atoms with Gasteiger partial charge >= 0.3 is 0 Å². The Labute approximate surface area is 119 Å². The van der Waals surface area contributed by atoms with Crippen LogP contribution in [0.2, 0.25) is 0 Å². The third kappa shape index (κ3) is 3.16. The minimum atomic E-state index is -0.0539. The fourth-order valence-electron chi connectivity index (χ4n) is 2.10. The number of hydrazine groups is 1. The van der Waals surface area contributed by atoms with Crippen molar-refractivity contribution >= 4 is 11.6 Å². The Morgan fingerprint density at radius 2 is 1.90 bits per heavy atom. The van der Waals surface area contributed by atoms with Crippen molar-refractivity contribution in [2.75, 3.05) is 12.5 Å². The summed E-state index contributed by atoms with van der Waals surface area (Å²) < 4.78 is 0. The van der Waals surface area contributed by atoms with E-state index >= 15 is 0 Å². The number of nitrogens with two attached hydrogens (primary N) is 1. The number of amides is 1. The SMILES string of the molecule is Cc1ccc(C(=O)N(C)Cc2ccccc2)c(NN)c1. The van der Waals surface area contributed by atoms with E-state index in [9.17, 15) is 4.79 Å². The van der Waals surface area contributed by atoms with Gasteiger partial charge in [-0.05, 0) is 30.2 Å². The highest BCUT2D eigenvalue weighted by atomic mass is 16.2. The Morgan fingerprint density at radius 3 is 2.55 bits per heavy atom. The van der Waals surface area contributed by atoms with Crippen molar-refractivity contribution in [1.82, 2.24) is 4.90 Å². The number of aryl methyl sites for hydroxylation is 1. The Kier molecular flexibility index (Phi) is 4.38. The zero-order valence-electron chi connectivity index (χ0n) is 11.8. The highest BCUT2D eigenvalue weighted by Crippen LogP contribution is 2.19. The molecular formula is C16H19N3O. The maximum Gasteiger partial charge on any atom is 0.256 e. The van der Waals surface area contributed by atoms with Crippen LogP contribution in [0.25, 0.3) is 0 Å². The van der Waals surface area contributed by atoms with Crippen molar-refractivity contribution in [3.63, 3.8) is 0 Å². The van der Waals surface area contributed by atoms with Crippen molar-refractivity contribution in [3.05, 3.63) is 65.2 Å². The van der Waals surface area contributed by atoms with Crippen LogP contribution in [0.15, 0.2) is 48.5 Å². The molecule has 4 nitrogen and oxygen atoms in total.